The number of ether oxygens (including phenoxy) is 2. The first-order valence-electron chi connectivity index (χ1n) is 4.78. The molecule has 0 aromatic carbocycles. The molecule has 0 amide bonds. The van der Waals surface area contributed by atoms with E-state index in [2.05, 4.69) is 5.32 Å². The summed E-state index contributed by atoms with van der Waals surface area (Å²) in [4.78, 5) is 0. The quantitative estimate of drug-likeness (QED) is 0.623. The molecule has 0 aliphatic heterocycles. The first-order valence-corrected chi connectivity index (χ1v) is 4.78. The molecule has 0 spiro atoms. The van der Waals surface area contributed by atoms with Gasteiger partial charge in [-0.15, -0.1) is 0 Å². The smallest absolute Gasteiger partial charge is 0.261 e. The Bertz CT molecular complexity index is 125. The summed E-state index contributed by atoms with van der Waals surface area (Å²) in [6, 6.07) is -0.00120. The molecule has 5 heteroatoms. The average molecular weight is 211 g/mol. The Kier molecular flexibility index (Phi) is 9.13. The van der Waals surface area contributed by atoms with Crippen LogP contribution in [0.15, 0.2) is 0 Å². The van der Waals surface area contributed by atoms with Gasteiger partial charge >= 0.3 is 0 Å². The highest BCUT2D eigenvalue weighted by Gasteiger charge is 2.09. The molecule has 0 aromatic heterocycles. The maximum atomic E-state index is 11.7. The van der Waals surface area contributed by atoms with E-state index in [1.807, 2.05) is 6.92 Å². The molecule has 0 saturated carbocycles. The lowest BCUT2D eigenvalue weighted by Gasteiger charge is -2.17. The number of alkyl halides is 2. The Labute approximate surface area is 83.8 Å². The maximum Gasteiger partial charge on any atom is 0.261 e. The van der Waals surface area contributed by atoms with Gasteiger partial charge in [0.1, 0.15) is 6.61 Å². The van der Waals surface area contributed by atoms with Gasteiger partial charge < -0.3 is 14.8 Å². The molecule has 0 aliphatic rings. The van der Waals surface area contributed by atoms with Gasteiger partial charge in [-0.2, -0.15) is 0 Å². The van der Waals surface area contributed by atoms with Gasteiger partial charge in [0.05, 0.1) is 19.3 Å². The van der Waals surface area contributed by atoms with Crippen LogP contribution in [-0.2, 0) is 9.47 Å². The third kappa shape index (κ3) is 8.34. The molecule has 1 atom stereocenters. The van der Waals surface area contributed by atoms with Crippen molar-refractivity contribution in [1.82, 2.24) is 5.32 Å². The molecule has 0 bridgehead atoms. The van der Waals surface area contributed by atoms with Crippen LogP contribution in [0, 0.1) is 0 Å². The van der Waals surface area contributed by atoms with E-state index in [1.54, 1.807) is 7.11 Å². The van der Waals surface area contributed by atoms with Crippen LogP contribution in [0.25, 0.3) is 0 Å². The number of nitrogens with one attached hydrogen (secondary N) is 1. The van der Waals surface area contributed by atoms with Crippen molar-refractivity contribution in [3.05, 3.63) is 0 Å². The van der Waals surface area contributed by atoms with Crippen LogP contribution in [0.1, 0.15) is 13.3 Å². The van der Waals surface area contributed by atoms with Crippen LogP contribution >= 0.6 is 0 Å². The summed E-state index contributed by atoms with van der Waals surface area (Å²) in [6.45, 7) is 3.11. The molecule has 0 aliphatic carbocycles. The summed E-state index contributed by atoms with van der Waals surface area (Å²) < 4.78 is 33.2. The van der Waals surface area contributed by atoms with E-state index in [9.17, 15) is 8.78 Å². The Hall–Kier alpha value is -0.260. The van der Waals surface area contributed by atoms with Crippen molar-refractivity contribution in [1.29, 1.82) is 0 Å². The summed E-state index contributed by atoms with van der Waals surface area (Å²) in [5, 5.41) is 3.15. The van der Waals surface area contributed by atoms with Gasteiger partial charge in [0.2, 0.25) is 0 Å². The second-order valence-corrected chi connectivity index (χ2v) is 3.03. The van der Waals surface area contributed by atoms with Gasteiger partial charge in [-0.25, -0.2) is 8.78 Å². The number of methoxy groups -OCH3 is 1. The van der Waals surface area contributed by atoms with Gasteiger partial charge in [-0.1, -0.05) is 6.92 Å². The monoisotopic (exact) mass is 211 g/mol. The van der Waals surface area contributed by atoms with E-state index < -0.39 is 13.0 Å². The Morgan fingerprint density at radius 2 is 1.93 bits per heavy atom. The molecular weight excluding hydrogens is 192 g/mol. The largest absolute Gasteiger partial charge is 0.383 e. The molecule has 86 valence electrons. The van der Waals surface area contributed by atoms with Crippen LogP contribution in [0.5, 0.6) is 0 Å². The van der Waals surface area contributed by atoms with E-state index >= 15 is 0 Å². The zero-order valence-electron chi connectivity index (χ0n) is 8.76. The third-order valence-corrected chi connectivity index (χ3v) is 1.61. The van der Waals surface area contributed by atoms with Gasteiger partial charge in [0.25, 0.3) is 6.43 Å². The van der Waals surface area contributed by atoms with Gasteiger partial charge in [-0.05, 0) is 13.0 Å². The van der Waals surface area contributed by atoms with Crippen molar-refractivity contribution in [2.75, 3.05) is 33.5 Å². The number of rotatable bonds is 9. The van der Waals surface area contributed by atoms with Crippen molar-refractivity contribution < 1.29 is 18.3 Å². The first-order chi connectivity index (χ1) is 6.70. The maximum absolute atomic E-state index is 11.7. The molecule has 0 rings (SSSR count). The second kappa shape index (κ2) is 9.30. The summed E-state index contributed by atoms with van der Waals surface area (Å²) >= 11 is 0. The molecular formula is C9H19F2NO2. The topological polar surface area (TPSA) is 30.5 Å². The van der Waals surface area contributed by atoms with Gasteiger partial charge in [-0.3, -0.25) is 0 Å². The lowest BCUT2D eigenvalue weighted by atomic mass is 10.3. The highest BCUT2D eigenvalue weighted by molar-refractivity contribution is 4.64. The van der Waals surface area contributed by atoms with Crippen LogP contribution in [0.2, 0.25) is 0 Å². The Morgan fingerprint density at radius 3 is 2.43 bits per heavy atom. The van der Waals surface area contributed by atoms with Crippen molar-refractivity contribution in [2.45, 2.75) is 25.8 Å². The second-order valence-electron chi connectivity index (χ2n) is 3.03. The van der Waals surface area contributed by atoms with Crippen LogP contribution in [0.3, 0.4) is 0 Å². The van der Waals surface area contributed by atoms with E-state index in [1.165, 1.54) is 0 Å². The molecule has 14 heavy (non-hydrogen) atoms. The molecule has 1 unspecified atom stereocenters. The lowest BCUT2D eigenvalue weighted by molar-refractivity contribution is 0.000673. The molecule has 0 heterocycles. The predicted octanol–water partition coefficient (Wildman–Crippen LogP) is 1.28. The van der Waals surface area contributed by atoms with Crippen molar-refractivity contribution in [2.24, 2.45) is 0 Å². The normalized spacial score (nSPS) is 13.5. The molecule has 0 fully saturated rings. The summed E-state index contributed by atoms with van der Waals surface area (Å²) in [5.74, 6) is 0. The van der Waals surface area contributed by atoms with E-state index in [0.29, 0.717) is 6.61 Å². The highest BCUT2D eigenvalue weighted by atomic mass is 19.3. The number of hydrogen-bond acceptors (Lipinski definition) is 3. The molecule has 0 saturated heterocycles. The van der Waals surface area contributed by atoms with Crippen molar-refractivity contribution in [3.8, 4) is 0 Å². The fourth-order valence-corrected chi connectivity index (χ4v) is 1.01. The number of hydrogen-bond donors (Lipinski definition) is 1. The minimum absolute atomic E-state index is 0.00120. The molecule has 3 nitrogen and oxygen atoms in total. The van der Waals surface area contributed by atoms with Gasteiger partial charge in [0.15, 0.2) is 0 Å². The van der Waals surface area contributed by atoms with E-state index in [4.69, 9.17) is 9.47 Å². The summed E-state index contributed by atoms with van der Waals surface area (Å²) in [7, 11) is 1.58. The Morgan fingerprint density at radius 1 is 1.21 bits per heavy atom. The standard InChI is InChI=1S/C9H19F2NO2/c1-3-4-12-8(5-13-2)6-14-7-9(10)11/h8-9,12H,3-7H2,1-2H3. The van der Waals surface area contributed by atoms with Crippen LogP contribution in [0.4, 0.5) is 8.78 Å². The molecule has 0 aromatic rings. The predicted molar refractivity (Wildman–Crippen MR) is 50.8 cm³/mol. The fraction of sp³-hybridized carbons (Fsp3) is 1.00. The zero-order chi connectivity index (χ0) is 10.8. The first kappa shape index (κ1) is 13.7. The highest BCUT2D eigenvalue weighted by Crippen LogP contribution is 1.95. The van der Waals surface area contributed by atoms with Crippen LogP contribution in [-0.4, -0.2) is 45.9 Å². The van der Waals surface area contributed by atoms with Crippen molar-refractivity contribution in [3.63, 3.8) is 0 Å². The SMILES string of the molecule is CCCNC(COC)COCC(F)F. The molecule has 0 radical (unpaired) electrons. The molecule has 1 N–H and O–H groups in total. The summed E-state index contributed by atoms with van der Waals surface area (Å²) in [6.07, 6.45) is -1.40. The Balaban J connectivity index is 3.50. The van der Waals surface area contributed by atoms with Crippen LogP contribution < -0.4 is 5.32 Å². The van der Waals surface area contributed by atoms with E-state index in [-0.39, 0.29) is 12.6 Å². The third-order valence-electron chi connectivity index (χ3n) is 1.61. The minimum atomic E-state index is -2.40. The average Bonchev–Trinajstić information content (AvgIpc) is 2.13. The zero-order valence-corrected chi connectivity index (χ0v) is 8.76. The van der Waals surface area contributed by atoms with E-state index in [0.717, 1.165) is 13.0 Å². The minimum Gasteiger partial charge on any atom is -0.383 e. The lowest BCUT2D eigenvalue weighted by Crippen LogP contribution is -2.38. The van der Waals surface area contributed by atoms with Crippen molar-refractivity contribution >= 4 is 0 Å². The fourth-order valence-electron chi connectivity index (χ4n) is 1.01. The van der Waals surface area contributed by atoms with Gasteiger partial charge in [0, 0.05) is 7.11 Å². The number of halogens is 2. The summed E-state index contributed by atoms with van der Waals surface area (Å²) in [5.41, 5.74) is 0.